The van der Waals surface area contributed by atoms with Gasteiger partial charge in [0.2, 0.25) is 0 Å². The Kier molecular flexibility index (Phi) is 8.07. The van der Waals surface area contributed by atoms with E-state index in [9.17, 15) is 9.59 Å². The standard InChI is InChI=1S/C24H28N4O6/c1-24(2,16-5-9-18(10-6-16)31-13-4-14-32-23(25)30)17-7-11-19(12-8-17)33-15-20-27-21(28-34-20)22(29)26-3/h5-12H,4,13-15H2,1-3H3,(H2,25,30)(H,26,29). The summed E-state index contributed by atoms with van der Waals surface area (Å²) < 4.78 is 21.1. The molecule has 0 spiro atoms. The molecule has 3 N–H and O–H groups in total. The molecule has 34 heavy (non-hydrogen) atoms. The quantitative estimate of drug-likeness (QED) is 0.409. The van der Waals surface area contributed by atoms with Crippen LogP contribution in [0.15, 0.2) is 53.1 Å². The molecule has 3 rings (SSSR count). The Morgan fingerprint density at radius 1 is 0.971 bits per heavy atom. The molecule has 2 aromatic carbocycles. The van der Waals surface area contributed by atoms with Crippen LogP contribution in [-0.2, 0) is 16.8 Å². The molecule has 0 atom stereocenters. The average molecular weight is 469 g/mol. The second-order valence-electron chi connectivity index (χ2n) is 7.92. The first-order valence-corrected chi connectivity index (χ1v) is 10.7. The Bertz CT molecular complexity index is 1090. The third kappa shape index (κ3) is 6.47. The van der Waals surface area contributed by atoms with Crippen molar-refractivity contribution < 1.29 is 28.3 Å². The van der Waals surface area contributed by atoms with Gasteiger partial charge in [-0.1, -0.05) is 43.3 Å². The molecule has 0 saturated heterocycles. The van der Waals surface area contributed by atoms with E-state index in [1.165, 1.54) is 7.05 Å². The van der Waals surface area contributed by atoms with Gasteiger partial charge in [0.15, 0.2) is 6.61 Å². The maximum absolute atomic E-state index is 11.5. The lowest BCUT2D eigenvalue weighted by Gasteiger charge is -2.26. The first kappa shape index (κ1) is 24.6. The van der Waals surface area contributed by atoms with Gasteiger partial charge in [-0.2, -0.15) is 4.98 Å². The van der Waals surface area contributed by atoms with Crippen LogP contribution in [0.3, 0.4) is 0 Å². The van der Waals surface area contributed by atoms with Gasteiger partial charge in [0.25, 0.3) is 17.6 Å². The summed E-state index contributed by atoms with van der Waals surface area (Å²) in [5, 5.41) is 6.04. The van der Waals surface area contributed by atoms with Crippen LogP contribution in [0, 0.1) is 0 Å². The molecule has 10 nitrogen and oxygen atoms in total. The van der Waals surface area contributed by atoms with Crippen LogP contribution < -0.4 is 20.5 Å². The minimum absolute atomic E-state index is 0.0354. The number of ether oxygens (including phenoxy) is 3. The van der Waals surface area contributed by atoms with Gasteiger partial charge in [0.05, 0.1) is 13.2 Å². The topological polar surface area (TPSA) is 139 Å². The molecule has 0 fully saturated rings. The number of nitrogens with one attached hydrogen (secondary N) is 1. The van der Waals surface area contributed by atoms with E-state index in [4.69, 9.17) is 19.7 Å². The van der Waals surface area contributed by atoms with E-state index in [0.29, 0.717) is 18.8 Å². The van der Waals surface area contributed by atoms with Gasteiger partial charge in [0, 0.05) is 18.9 Å². The monoisotopic (exact) mass is 468 g/mol. The van der Waals surface area contributed by atoms with E-state index in [1.54, 1.807) is 0 Å². The van der Waals surface area contributed by atoms with Crippen molar-refractivity contribution in [3.05, 3.63) is 71.4 Å². The number of carbonyl (C=O) groups is 2. The van der Waals surface area contributed by atoms with E-state index < -0.39 is 12.0 Å². The van der Waals surface area contributed by atoms with Crippen LogP contribution in [0.2, 0.25) is 0 Å². The summed E-state index contributed by atoms with van der Waals surface area (Å²) in [5.41, 5.74) is 6.91. The lowest BCUT2D eigenvalue weighted by molar-refractivity contribution is 0.0949. The maximum atomic E-state index is 11.5. The van der Waals surface area contributed by atoms with Crippen LogP contribution in [0.4, 0.5) is 4.79 Å². The van der Waals surface area contributed by atoms with Crippen molar-refractivity contribution in [2.45, 2.75) is 32.3 Å². The third-order valence-corrected chi connectivity index (χ3v) is 5.21. The van der Waals surface area contributed by atoms with Gasteiger partial charge in [-0.3, -0.25) is 4.79 Å². The molecule has 0 aliphatic heterocycles. The van der Waals surface area contributed by atoms with E-state index in [0.717, 1.165) is 16.9 Å². The number of primary amides is 1. The molecule has 2 amide bonds. The van der Waals surface area contributed by atoms with Gasteiger partial charge in [-0.05, 0) is 35.4 Å². The van der Waals surface area contributed by atoms with Crippen molar-refractivity contribution in [2.24, 2.45) is 5.73 Å². The van der Waals surface area contributed by atoms with Gasteiger partial charge in [-0.15, -0.1) is 0 Å². The van der Waals surface area contributed by atoms with Crippen LogP contribution in [0.5, 0.6) is 11.5 Å². The first-order valence-electron chi connectivity index (χ1n) is 10.7. The number of rotatable bonds is 11. The van der Waals surface area contributed by atoms with Crippen molar-refractivity contribution in [1.82, 2.24) is 15.5 Å². The SMILES string of the molecule is CNC(=O)c1noc(COc2ccc(C(C)(C)c3ccc(OCCCOC(N)=O)cc3)cc2)n1. The number of hydrogen-bond acceptors (Lipinski definition) is 8. The minimum atomic E-state index is -0.783. The largest absolute Gasteiger partial charge is 0.493 e. The summed E-state index contributed by atoms with van der Waals surface area (Å²) in [6.07, 6.45) is -0.221. The smallest absolute Gasteiger partial charge is 0.404 e. The zero-order valence-electron chi connectivity index (χ0n) is 19.4. The molecule has 0 bridgehead atoms. The Morgan fingerprint density at radius 3 is 2.12 bits per heavy atom. The first-order chi connectivity index (χ1) is 16.3. The zero-order valence-corrected chi connectivity index (χ0v) is 19.4. The second-order valence-corrected chi connectivity index (χ2v) is 7.92. The lowest BCUT2D eigenvalue weighted by Crippen LogP contribution is -2.19. The molecular formula is C24H28N4O6. The molecule has 0 saturated carbocycles. The van der Waals surface area contributed by atoms with Crippen molar-refractivity contribution >= 4 is 12.0 Å². The van der Waals surface area contributed by atoms with E-state index in [-0.39, 0.29) is 30.3 Å². The van der Waals surface area contributed by atoms with E-state index in [1.807, 2.05) is 48.5 Å². The Morgan fingerprint density at radius 2 is 1.56 bits per heavy atom. The highest BCUT2D eigenvalue weighted by atomic mass is 16.5. The van der Waals surface area contributed by atoms with Crippen molar-refractivity contribution in [3.63, 3.8) is 0 Å². The predicted molar refractivity (Wildman–Crippen MR) is 123 cm³/mol. The number of hydrogen-bond donors (Lipinski definition) is 2. The van der Waals surface area contributed by atoms with E-state index >= 15 is 0 Å². The summed E-state index contributed by atoms with van der Waals surface area (Å²) in [4.78, 5) is 26.0. The van der Waals surface area contributed by atoms with Crippen molar-refractivity contribution in [1.29, 1.82) is 0 Å². The van der Waals surface area contributed by atoms with Crippen LogP contribution in [0.25, 0.3) is 0 Å². The van der Waals surface area contributed by atoms with Gasteiger partial charge < -0.3 is 29.8 Å². The van der Waals surface area contributed by atoms with E-state index in [2.05, 4.69) is 34.0 Å². The fraction of sp³-hybridized carbons (Fsp3) is 0.333. The maximum Gasteiger partial charge on any atom is 0.404 e. The number of benzene rings is 2. The van der Waals surface area contributed by atoms with Crippen molar-refractivity contribution in [3.8, 4) is 11.5 Å². The van der Waals surface area contributed by atoms with Crippen molar-refractivity contribution in [2.75, 3.05) is 20.3 Å². The number of amides is 2. The van der Waals surface area contributed by atoms with Crippen LogP contribution >= 0.6 is 0 Å². The summed E-state index contributed by atoms with van der Waals surface area (Å²) in [5.74, 6) is 1.14. The normalized spacial score (nSPS) is 11.0. The molecule has 0 radical (unpaired) electrons. The highest BCUT2D eigenvalue weighted by Gasteiger charge is 2.23. The number of aromatic nitrogens is 2. The Labute approximate surface area is 197 Å². The number of carbonyl (C=O) groups excluding carboxylic acids is 2. The van der Waals surface area contributed by atoms with Gasteiger partial charge in [0.1, 0.15) is 11.5 Å². The Balaban J connectivity index is 1.55. The highest BCUT2D eigenvalue weighted by Crippen LogP contribution is 2.33. The summed E-state index contributed by atoms with van der Waals surface area (Å²) in [6, 6.07) is 15.6. The molecule has 180 valence electrons. The summed E-state index contributed by atoms with van der Waals surface area (Å²) in [7, 11) is 1.49. The lowest BCUT2D eigenvalue weighted by atomic mass is 9.78. The highest BCUT2D eigenvalue weighted by molar-refractivity contribution is 5.89. The summed E-state index contributed by atoms with van der Waals surface area (Å²) in [6.45, 7) is 4.99. The third-order valence-electron chi connectivity index (χ3n) is 5.21. The number of nitrogens with two attached hydrogens (primary N) is 1. The molecule has 1 heterocycles. The van der Waals surface area contributed by atoms with Gasteiger partial charge in [-0.25, -0.2) is 4.79 Å². The zero-order chi connectivity index (χ0) is 24.6. The molecule has 0 aliphatic rings. The minimum Gasteiger partial charge on any atom is -0.493 e. The molecule has 0 aliphatic carbocycles. The molecule has 1 aromatic heterocycles. The number of nitrogens with zero attached hydrogens (tertiary/aromatic N) is 2. The van der Waals surface area contributed by atoms with Crippen LogP contribution in [0.1, 0.15) is 47.9 Å². The average Bonchev–Trinajstić information content (AvgIpc) is 3.31. The molecule has 0 unspecified atom stereocenters. The van der Waals surface area contributed by atoms with Crippen LogP contribution in [-0.4, -0.2) is 42.4 Å². The fourth-order valence-corrected chi connectivity index (χ4v) is 3.19. The predicted octanol–water partition coefficient (Wildman–Crippen LogP) is 3.20. The van der Waals surface area contributed by atoms with Gasteiger partial charge >= 0.3 is 6.09 Å². The second kappa shape index (κ2) is 11.2. The molecule has 10 heteroatoms. The molecule has 3 aromatic rings. The summed E-state index contributed by atoms with van der Waals surface area (Å²) >= 11 is 0. The Hall–Kier alpha value is -4.08. The molecular weight excluding hydrogens is 440 g/mol. The fourth-order valence-electron chi connectivity index (χ4n) is 3.19.